The van der Waals surface area contributed by atoms with Crippen molar-refractivity contribution in [1.29, 1.82) is 0 Å². The zero-order valence-corrected chi connectivity index (χ0v) is 16.6. The Labute approximate surface area is 159 Å². The molecule has 0 saturated carbocycles. The summed E-state index contributed by atoms with van der Waals surface area (Å²) in [5.74, 6) is 0. The van der Waals surface area contributed by atoms with E-state index in [9.17, 15) is 9.59 Å². The number of hydrogen-bond acceptors (Lipinski definition) is 4. The van der Waals surface area contributed by atoms with Crippen LogP contribution in [0.2, 0.25) is 0 Å². The smallest absolute Gasteiger partial charge is 0.332 e. The van der Waals surface area contributed by atoms with E-state index in [-0.39, 0.29) is 5.56 Å². The fraction of sp³-hybridized carbons (Fsp3) is 0.389. The third kappa shape index (κ3) is 3.33. The van der Waals surface area contributed by atoms with E-state index in [1.807, 2.05) is 24.3 Å². The summed E-state index contributed by atoms with van der Waals surface area (Å²) >= 11 is 3.42. The van der Waals surface area contributed by atoms with Crippen LogP contribution in [0.15, 0.2) is 38.3 Å². The lowest BCUT2D eigenvalue weighted by Crippen LogP contribution is -2.37. The Morgan fingerprint density at radius 3 is 2.46 bits per heavy atom. The number of benzene rings is 1. The van der Waals surface area contributed by atoms with E-state index in [2.05, 4.69) is 27.8 Å². The summed E-state index contributed by atoms with van der Waals surface area (Å²) in [6, 6.07) is 8.19. The quantitative estimate of drug-likeness (QED) is 0.574. The monoisotopic (exact) mass is 420 g/mol. The van der Waals surface area contributed by atoms with E-state index in [0.717, 1.165) is 27.4 Å². The van der Waals surface area contributed by atoms with Crippen molar-refractivity contribution >= 4 is 27.1 Å². The SMILES string of the molecule is CCCCOc1nc2c(c(=O)n(C)c(=O)n2C)n1Cc1ccc(Br)cc1. The molecule has 0 spiro atoms. The first-order valence-corrected chi connectivity index (χ1v) is 9.26. The van der Waals surface area contributed by atoms with Crippen molar-refractivity contribution in [2.45, 2.75) is 26.3 Å². The molecular weight excluding hydrogens is 400 g/mol. The van der Waals surface area contributed by atoms with Crippen LogP contribution < -0.4 is 16.0 Å². The minimum Gasteiger partial charge on any atom is -0.465 e. The van der Waals surface area contributed by atoms with Gasteiger partial charge in [-0.15, -0.1) is 0 Å². The van der Waals surface area contributed by atoms with Crippen LogP contribution in [-0.2, 0) is 20.6 Å². The van der Waals surface area contributed by atoms with Gasteiger partial charge in [-0.3, -0.25) is 18.5 Å². The molecule has 0 amide bonds. The minimum absolute atomic E-state index is 0.335. The number of hydrogen-bond donors (Lipinski definition) is 0. The van der Waals surface area contributed by atoms with Gasteiger partial charge in [-0.1, -0.05) is 41.4 Å². The first-order chi connectivity index (χ1) is 12.4. The van der Waals surface area contributed by atoms with Gasteiger partial charge in [0.15, 0.2) is 11.2 Å². The van der Waals surface area contributed by atoms with E-state index in [0.29, 0.717) is 30.3 Å². The molecule has 0 bridgehead atoms. The van der Waals surface area contributed by atoms with Gasteiger partial charge >= 0.3 is 5.69 Å². The second-order valence-corrected chi connectivity index (χ2v) is 7.10. The predicted octanol–water partition coefficient (Wildman–Crippen LogP) is 2.42. The summed E-state index contributed by atoms with van der Waals surface area (Å²) in [7, 11) is 3.08. The lowest BCUT2D eigenvalue weighted by Gasteiger charge is -2.10. The van der Waals surface area contributed by atoms with Crippen molar-refractivity contribution in [1.82, 2.24) is 18.7 Å². The maximum atomic E-state index is 12.7. The van der Waals surface area contributed by atoms with Crippen LogP contribution in [0, 0.1) is 0 Å². The Hall–Kier alpha value is -2.35. The molecule has 0 aliphatic heterocycles. The van der Waals surface area contributed by atoms with E-state index < -0.39 is 5.69 Å². The number of aryl methyl sites for hydroxylation is 1. The van der Waals surface area contributed by atoms with Crippen molar-refractivity contribution in [3.8, 4) is 6.01 Å². The first kappa shape index (κ1) is 18.4. The van der Waals surface area contributed by atoms with Crippen LogP contribution in [0.4, 0.5) is 0 Å². The highest BCUT2D eigenvalue weighted by atomic mass is 79.9. The normalized spacial score (nSPS) is 11.2. The van der Waals surface area contributed by atoms with Crippen LogP contribution in [0.3, 0.4) is 0 Å². The van der Waals surface area contributed by atoms with Gasteiger partial charge in [0, 0.05) is 18.6 Å². The number of halogens is 1. The molecule has 0 unspecified atom stereocenters. The van der Waals surface area contributed by atoms with Gasteiger partial charge in [0.2, 0.25) is 0 Å². The Bertz CT molecular complexity index is 1050. The van der Waals surface area contributed by atoms with Gasteiger partial charge in [0.25, 0.3) is 11.6 Å². The number of imidazole rings is 1. The van der Waals surface area contributed by atoms with Crippen LogP contribution in [0.1, 0.15) is 25.3 Å². The van der Waals surface area contributed by atoms with E-state index in [4.69, 9.17) is 4.74 Å². The van der Waals surface area contributed by atoms with Crippen molar-refractivity contribution in [2.75, 3.05) is 6.61 Å². The van der Waals surface area contributed by atoms with E-state index in [1.54, 1.807) is 11.6 Å². The molecule has 1 aromatic carbocycles. The Morgan fingerprint density at radius 1 is 1.12 bits per heavy atom. The number of unbranched alkanes of at least 4 members (excludes halogenated alkanes) is 1. The number of nitrogens with zero attached hydrogens (tertiary/aromatic N) is 4. The highest BCUT2D eigenvalue weighted by molar-refractivity contribution is 9.10. The number of fused-ring (bicyclic) bond motifs is 1. The van der Waals surface area contributed by atoms with Gasteiger partial charge < -0.3 is 4.74 Å². The molecular formula is C18H21BrN4O3. The van der Waals surface area contributed by atoms with Gasteiger partial charge in [0.05, 0.1) is 13.2 Å². The van der Waals surface area contributed by atoms with Gasteiger partial charge in [-0.2, -0.15) is 4.98 Å². The zero-order valence-electron chi connectivity index (χ0n) is 15.0. The Morgan fingerprint density at radius 2 is 1.81 bits per heavy atom. The molecule has 0 aliphatic carbocycles. The largest absolute Gasteiger partial charge is 0.465 e. The number of rotatable bonds is 6. The second kappa shape index (κ2) is 7.49. The van der Waals surface area contributed by atoms with Crippen molar-refractivity contribution in [3.05, 3.63) is 55.1 Å². The maximum absolute atomic E-state index is 12.7. The maximum Gasteiger partial charge on any atom is 0.332 e. The molecule has 3 rings (SSSR count). The molecule has 3 aromatic rings. The summed E-state index contributed by atoms with van der Waals surface area (Å²) < 4.78 is 11.0. The second-order valence-electron chi connectivity index (χ2n) is 6.19. The molecule has 7 nitrogen and oxygen atoms in total. The summed E-state index contributed by atoms with van der Waals surface area (Å²) in [5.41, 5.74) is 0.920. The fourth-order valence-electron chi connectivity index (χ4n) is 2.76. The summed E-state index contributed by atoms with van der Waals surface area (Å²) in [6.45, 7) is 3.01. The topological polar surface area (TPSA) is 71.1 Å². The molecule has 0 saturated heterocycles. The van der Waals surface area contributed by atoms with Crippen molar-refractivity contribution < 1.29 is 4.74 Å². The molecule has 0 fully saturated rings. The molecule has 0 N–H and O–H groups in total. The number of aromatic nitrogens is 4. The van der Waals surface area contributed by atoms with E-state index in [1.165, 1.54) is 11.6 Å². The molecule has 0 radical (unpaired) electrons. The van der Waals surface area contributed by atoms with Crippen LogP contribution in [0.5, 0.6) is 6.01 Å². The lowest BCUT2D eigenvalue weighted by molar-refractivity contribution is 0.275. The molecule has 26 heavy (non-hydrogen) atoms. The van der Waals surface area contributed by atoms with Crippen molar-refractivity contribution in [2.24, 2.45) is 14.1 Å². The molecule has 2 heterocycles. The van der Waals surface area contributed by atoms with Gasteiger partial charge in [0.1, 0.15) is 0 Å². The molecule has 138 valence electrons. The third-order valence-electron chi connectivity index (χ3n) is 4.30. The first-order valence-electron chi connectivity index (χ1n) is 8.47. The molecule has 0 atom stereocenters. The van der Waals surface area contributed by atoms with Gasteiger partial charge in [-0.05, 0) is 24.1 Å². The van der Waals surface area contributed by atoms with Crippen LogP contribution in [-0.4, -0.2) is 25.3 Å². The predicted molar refractivity (Wildman–Crippen MR) is 104 cm³/mol. The van der Waals surface area contributed by atoms with Crippen molar-refractivity contribution in [3.63, 3.8) is 0 Å². The summed E-state index contributed by atoms with van der Waals surface area (Å²) in [6.07, 6.45) is 1.88. The van der Waals surface area contributed by atoms with Crippen LogP contribution in [0.25, 0.3) is 11.2 Å². The summed E-state index contributed by atoms with van der Waals surface area (Å²) in [5, 5.41) is 0. The number of ether oxygens (including phenoxy) is 1. The van der Waals surface area contributed by atoms with Crippen LogP contribution >= 0.6 is 15.9 Å². The molecule has 8 heteroatoms. The Kier molecular flexibility index (Phi) is 5.31. The average Bonchev–Trinajstić information content (AvgIpc) is 2.99. The fourth-order valence-corrected chi connectivity index (χ4v) is 3.03. The minimum atomic E-state index is -0.407. The highest BCUT2D eigenvalue weighted by Gasteiger charge is 2.20. The molecule has 0 aliphatic rings. The molecule has 2 aromatic heterocycles. The third-order valence-corrected chi connectivity index (χ3v) is 4.82. The zero-order chi connectivity index (χ0) is 18.8. The van der Waals surface area contributed by atoms with E-state index >= 15 is 0 Å². The average molecular weight is 421 g/mol. The lowest BCUT2D eigenvalue weighted by atomic mass is 10.2. The highest BCUT2D eigenvalue weighted by Crippen LogP contribution is 2.21. The Balaban J connectivity index is 2.19. The van der Waals surface area contributed by atoms with Gasteiger partial charge in [-0.25, -0.2) is 4.79 Å². The summed E-state index contributed by atoms with van der Waals surface area (Å²) in [4.78, 5) is 29.4. The standard InChI is InChI=1S/C18H21BrN4O3/c1-4-5-10-26-17-20-15-14(16(24)22(3)18(25)21(15)2)23(17)11-12-6-8-13(19)9-7-12/h6-9H,4-5,10-11H2,1-3H3.